The quantitative estimate of drug-likeness (QED) is 0.195. The average Bonchev–Trinajstić information content (AvgIpc) is 2.74. The van der Waals surface area contributed by atoms with Crippen LogP contribution < -0.4 is 5.32 Å². The minimum atomic E-state index is -5.14. The summed E-state index contributed by atoms with van der Waals surface area (Å²) in [6, 6.07) is 4.11. The number of alkyl carbamates (subject to hydrolysis) is 1. The zero-order chi connectivity index (χ0) is 27.7. The van der Waals surface area contributed by atoms with Crippen molar-refractivity contribution >= 4 is 27.8 Å². The number of halogens is 3. The second-order valence-corrected chi connectivity index (χ2v) is 10.2. The maximum atomic E-state index is 13.7. The van der Waals surface area contributed by atoms with Gasteiger partial charge in [0.15, 0.2) is 4.90 Å². The van der Waals surface area contributed by atoms with E-state index in [1.54, 1.807) is 27.7 Å². The maximum Gasteiger partial charge on any atom is 0.414 e. The maximum absolute atomic E-state index is 13.7. The van der Waals surface area contributed by atoms with Crippen molar-refractivity contribution in [2.45, 2.75) is 50.8 Å². The van der Waals surface area contributed by atoms with E-state index in [1.165, 1.54) is 12.1 Å². The van der Waals surface area contributed by atoms with Crippen molar-refractivity contribution in [3.8, 4) is 0 Å². The molecule has 1 amide bonds. The number of nitrogens with zero attached hydrogens (tertiary/aromatic N) is 2. The molecule has 0 spiro atoms. The predicted molar refractivity (Wildman–Crippen MR) is 121 cm³/mol. The minimum absolute atomic E-state index is 0.124. The number of esters is 1. The Morgan fingerprint density at radius 1 is 1.19 bits per heavy atom. The van der Waals surface area contributed by atoms with Gasteiger partial charge in [0.1, 0.15) is 5.60 Å². The number of hydrogen-bond donors (Lipinski definition) is 1. The first-order valence-corrected chi connectivity index (χ1v) is 12.1. The Labute approximate surface area is 206 Å². The second kappa shape index (κ2) is 12.7. The van der Waals surface area contributed by atoms with Crippen molar-refractivity contribution in [3.05, 3.63) is 46.0 Å². The number of carbonyl (C=O) groups excluding carboxylic acids is 2. The summed E-state index contributed by atoms with van der Waals surface area (Å²) in [5, 5.41) is 13.6. The van der Waals surface area contributed by atoms with Gasteiger partial charge in [0.2, 0.25) is 10.0 Å². The number of nitro benzene ring substituents is 1. The molecule has 0 unspecified atom stereocenters. The summed E-state index contributed by atoms with van der Waals surface area (Å²) in [6.07, 6.45) is -5.63. The number of nitro groups is 1. The molecule has 0 aliphatic heterocycles. The lowest BCUT2D eigenvalue weighted by Gasteiger charge is -2.25. The first kappa shape index (κ1) is 30.8. The molecular formula is C21H28F3N3O8S. The summed E-state index contributed by atoms with van der Waals surface area (Å²) in [5.74, 6) is -1.33. The largest absolute Gasteiger partial charge is 0.463 e. The third kappa shape index (κ3) is 9.81. The van der Waals surface area contributed by atoms with E-state index in [1.807, 2.05) is 0 Å². The highest BCUT2D eigenvalue weighted by atomic mass is 32.2. The van der Waals surface area contributed by atoms with Gasteiger partial charge in [0, 0.05) is 31.8 Å². The van der Waals surface area contributed by atoms with Crippen LogP contribution in [0.5, 0.6) is 0 Å². The fraction of sp³-hybridized carbons (Fsp3) is 0.524. The molecule has 0 saturated carbocycles. The zero-order valence-electron chi connectivity index (χ0n) is 20.1. The molecule has 202 valence electrons. The van der Waals surface area contributed by atoms with E-state index in [0.29, 0.717) is 6.42 Å². The van der Waals surface area contributed by atoms with Crippen LogP contribution in [0.2, 0.25) is 0 Å². The number of carbonyl (C=O) groups is 2. The molecule has 0 saturated heterocycles. The molecule has 1 aromatic carbocycles. The lowest BCUT2D eigenvalue weighted by atomic mass is 10.2. The van der Waals surface area contributed by atoms with Crippen molar-refractivity contribution in [2.24, 2.45) is 0 Å². The van der Waals surface area contributed by atoms with Gasteiger partial charge in [-0.05, 0) is 33.3 Å². The van der Waals surface area contributed by atoms with E-state index in [0.717, 1.165) is 12.1 Å². The number of ether oxygens (including phenoxy) is 2. The summed E-state index contributed by atoms with van der Waals surface area (Å²) in [5.41, 5.74) is -3.32. The van der Waals surface area contributed by atoms with Gasteiger partial charge in [-0.3, -0.25) is 10.1 Å². The molecule has 0 heterocycles. The number of rotatable bonds is 11. The highest BCUT2D eigenvalue weighted by Gasteiger charge is 2.39. The molecule has 1 aromatic rings. The monoisotopic (exact) mass is 539 g/mol. The number of hydrogen-bond acceptors (Lipinski definition) is 8. The number of benzene rings is 1. The fourth-order valence-corrected chi connectivity index (χ4v) is 4.22. The molecular weight excluding hydrogens is 511 g/mol. The lowest BCUT2D eigenvalue weighted by Crippen LogP contribution is -2.42. The summed E-state index contributed by atoms with van der Waals surface area (Å²) in [7, 11) is -4.91. The standard InChI is InChI=1S/C21H28F3N3O8S/c1-5-12-34-18(28)13-15(21(22,23)24)14-26(11-10-25-19(29)35-20(2,3)4)36(32,33)17-9-7-6-8-16(17)27(30)31/h6-9,13H,5,10-12,14H2,1-4H3,(H,25,29)/b15-13+. The zero-order valence-corrected chi connectivity index (χ0v) is 20.9. The van der Waals surface area contributed by atoms with Crippen molar-refractivity contribution in [2.75, 3.05) is 26.2 Å². The summed E-state index contributed by atoms with van der Waals surface area (Å²) in [4.78, 5) is 33.2. The summed E-state index contributed by atoms with van der Waals surface area (Å²) >= 11 is 0. The van der Waals surface area contributed by atoms with Gasteiger partial charge in [-0.25, -0.2) is 18.0 Å². The molecule has 1 N–H and O–H groups in total. The second-order valence-electron chi connectivity index (χ2n) is 8.33. The Balaban J connectivity index is 3.40. The third-order valence-corrected chi connectivity index (χ3v) is 6.05. The van der Waals surface area contributed by atoms with Gasteiger partial charge in [-0.1, -0.05) is 19.1 Å². The van der Waals surface area contributed by atoms with Gasteiger partial charge in [-0.2, -0.15) is 17.5 Å². The SMILES string of the molecule is CCCOC(=O)/C=C(\CN(CCNC(=O)OC(C)(C)C)S(=O)(=O)c1ccccc1[N+](=O)[O-])C(F)(F)F. The van der Waals surface area contributed by atoms with Crippen LogP contribution in [0, 0.1) is 10.1 Å². The minimum Gasteiger partial charge on any atom is -0.463 e. The third-order valence-electron chi connectivity index (χ3n) is 4.16. The Bertz CT molecular complexity index is 1080. The number of alkyl halides is 3. The van der Waals surface area contributed by atoms with Gasteiger partial charge >= 0.3 is 18.2 Å². The molecule has 1 rings (SSSR count). The van der Waals surface area contributed by atoms with Crippen molar-refractivity contribution in [3.63, 3.8) is 0 Å². The smallest absolute Gasteiger partial charge is 0.414 e. The molecule has 11 nitrogen and oxygen atoms in total. The number of para-hydroxylation sites is 1. The highest BCUT2D eigenvalue weighted by Crippen LogP contribution is 2.31. The van der Waals surface area contributed by atoms with Crippen LogP contribution in [0.25, 0.3) is 0 Å². The lowest BCUT2D eigenvalue weighted by molar-refractivity contribution is -0.387. The molecule has 15 heteroatoms. The van der Waals surface area contributed by atoms with Gasteiger partial charge in [0.25, 0.3) is 5.69 Å². The van der Waals surface area contributed by atoms with Gasteiger partial charge in [0.05, 0.1) is 17.1 Å². The van der Waals surface area contributed by atoms with E-state index < -0.39 is 74.6 Å². The Morgan fingerprint density at radius 2 is 1.81 bits per heavy atom. The van der Waals surface area contributed by atoms with Crippen LogP contribution in [0.1, 0.15) is 34.1 Å². The van der Waals surface area contributed by atoms with E-state index in [-0.39, 0.29) is 17.0 Å². The summed E-state index contributed by atoms with van der Waals surface area (Å²) < 4.78 is 77.5. The van der Waals surface area contributed by atoms with Crippen molar-refractivity contribution in [1.82, 2.24) is 9.62 Å². The molecule has 36 heavy (non-hydrogen) atoms. The Morgan fingerprint density at radius 3 is 2.33 bits per heavy atom. The van der Waals surface area contributed by atoms with Crippen LogP contribution in [0.3, 0.4) is 0 Å². The van der Waals surface area contributed by atoms with Crippen molar-refractivity contribution < 1.29 is 45.6 Å². The van der Waals surface area contributed by atoms with Crippen molar-refractivity contribution in [1.29, 1.82) is 0 Å². The first-order chi connectivity index (χ1) is 16.5. The van der Waals surface area contributed by atoms with E-state index in [4.69, 9.17) is 4.74 Å². The van der Waals surface area contributed by atoms with Crippen LogP contribution in [0.4, 0.5) is 23.7 Å². The van der Waals surface area contributed by atoms with Crippen LogP contribution in [0.15, 0.2) is 40.8 Å². The van der Waals surface area contributed by atoms with E-state index in [2.05, 4.69) is 10.1 Å². The number of nitrogens with one attached hydrogen (secondary N) is 1. The van der Waals surface area contributed by atoms with Crippen LogP contribution >= 0.6 is 0 Å². The van der Waals surface area contributed by atoms with Gasteiger partial charge < -0.3 is 14.8 Å². The van der Waals surface area contributed by atoms with E-state index in [9.17, 15) is 41.3 Å². The normalized spacial score (nSPS) is 12.8. The average molecular weight is 540 g/mol. The first-order valence-electron chi connectivity index (χ1n) is 10.6. The van der Waals surface area contributed by atoms with E-state index >= 15 is 0 Å². The fourth-order valence-electron chi connectivity index (χ4n) is 2.64. The number of amides is 1. The molecule has 0 aliphatic rings. The molecule has 0 aliphatic carbocycles. The van der Waals surface area contributed by atoms with Crippen LogP contribution in [-0.4, -0.2) is 67.7 Å². The Hall–Kier alpha value is -3.20. The number of sulfonamides is 1. The summed E-state index contributed by atoms with van der Waals surface area (Å²) in [6.45, 7) is 3.56. The molecule has 0 atom stereocenters. The predicted octanol–water partition coefficient (Wildman–Crippen LogP) is 3.55. The molecule has 0 aromatic heterocycles. The van der Waals surface area contributed by atoms with Gasteiger partial charge in [-0.15, -0.1) is 0 Å². The van der Waals surface area contributed by atoms with Crippen LogP contribution in [-0.2, 0) is 24.3 Å². The molecule has 0 bridgehead atoms. The topological polar surface area (TPSA) is 145 Å². The Kier molecular flexibility index (Phi) is 10.8. The molecule has 0 radical (unpaired) electrons. The highest BCUT2D eigenvalue weighted by molar-refractivity contribution is 7.89. The molecule has 0 fully saturated rings.